The van der Waals surface area contributed by atoms with Gasteiger partial charge in [0.2, 0.25) is 0 Å². The highest BCUT2D eigenvalue weighted by Gasteiger charge is 2.06. The molecule has 0 atom stereocenters. The number of methoxy groups -OCH3 is 1. The fourth-order valence-corrected chi connectivity index (χ4v) is 2.56. The highest BCUT2D eigenvalue weighted by molar-refractivity contribution is 9.10. The van der Waals surface area contributed by atoms with Gasteiger partial charge in [-0.2, -0.15) is 0 Å². The maximum Gasteiger partial charge on any atom is 0.337 e. The number of hydrogen-bond donors (Lipinski definition) is 1. The molecule has 0 aliphatic rings. The van der Waals surface area contributed by atoms with Crippen LogP contribution in [0.3, 0.4) is 0 Å². The lowest BCUT2D eigenvalue weighted by atomic mass is 10.2. The maximum atomic E-state index is 11.5. The number of rotatable bonds is 4. The summed E-state index contributed by atoms with van der Waals surface area (Å²) in [6.07, 6.45) is 0. The molecule has 0 fully saturated rings. The molecule has 0 spiro atoms. The van der Waals surface area contributed by atoms with Gasteiger partial charge < -0.3 is 10.1 Å². The second-order valence-corrected chi connectivity index (χ2v) is 5.45. The van der Waals surface area contributed by atoms with Crippen LogP contribution in [0.1, 0.15) is 15.9 Å². The van der Waals surface area contributed by atoms with E-state index in [9.17, 15) is 4.79 Å². The van der Waals surface area contributed by atoms with Crippen molar-refractivity contribution in [1.29, 1.82) is 0 Å². The quantitative estimate of drug-likeness (QED) is 0.822. The van der Waals surface area contributed by atoms with Crippen LogP contribution in [0.2, 0.25) is 5.02 Å². The van der Waals surface area contributed by atoms with Gasteiger partial charge in [-0.25, -0.2) is 4.79 Å². The molecule has 2 aromatic carbocycles. The number of nitrogens with one attached hydrogen (secondary N) is 1. The standard InChI is InChI=1S/C15H13BrClNO2/c1-20-15(19)10-3-2-4-13(7-10)18-9-11-5-6-12(17)8-14(11)16/h2-8,18H,9H2,1H3. The van der Waals surface area contributed by atoms with Crippen LogP contribution >= 0.6 is 27.5 Å². The number of anilines is 1. The molecule has 0 radical (unpaired) electrons. The second-order valence-electron chi connectivity index (χ2n) is 4.16. The Bertz CT molecular complexity index is 631. The van der Waals surface area contributed by atoms with Gasteiger partial charge in [0.15, 0.2) is 0 Å². The van der Waals surface area contributed by atoms with Gasteiger partial charge in [0.1, 0.15) is 0 Å². The predicted octanol–water partition coefficient (Wildman–Crippen LogP) is 4.50. The molecule has 104 valence electrons. The van der Waals surface area contributed by atoms with Gasteiger partial charge in [-0.05, 0) is 35.9 Å². The maximum absolute atomic E-state index is 11.5. The van der Waals surface area contributed by atoms with Crippen LogP contribution in [0.5, 0.6) is 0 Å². The third-order valence-electron chi connectivity index (χ3n) is 2.78. The number of ether oxygens (including phenoxy) is 1. The number of carbonyl (C=O) groups is 1. The van der Waals surface area contributed by atoms with Crippen LogP contribution in [-0.2, 0) is 11.3 Å². The zero-order chi connectivity index (χ0) is 14.5. The van der Waals surface area contributed by atoms with Crippen LogP contribution in [0.15, 0.2) is 46.9 Å². The molecule has 3 nitrogen and oxygen atoms in total. The summed E-state index contributed by atoms with van der Waals surface area (Å²) in [5, 5.41) is 3.95. The van der Waals surface area contributed by atoms with Gasteiger partial charge in [-0.15, -0.1) is 0 Å². The van der Waals surface area contributed by atoms with Crippen molar-refractivity contribution in [3.05, 3.63) is 63.1 Å². The first kappa shape index (κ1) is 14.9. The molecular weight excluding hydrogens is 342 g/mol. The summed E-state index contributed by atoms with van der Waals surface area (Å²) in [7, 11) is 1.37. The van der Waals surface area contributed by atoms with E-state index in [4.69, 9.17) is 16.3 Å². The molecule has 1 N–H and O–H groups in total. The molecule has 0 unspecified atom stereocenters. The molecule has 20 heavy (non-hydrogen) atoms. The predicted molar refractivity (Wildman–Crippen MR) is 84.3 cm³/mol. The van der Waals surface area contributed by atoms with E-state index in [0.717, 1.165) is 15.7 Å². The lowest BCUT2D eigenvalue weighted by molar-refractivity contribution is 0.0601. The lowest BCUT2D eigenvalue weighted by Crippen LogP contribution is -2.04. The summed E-state index contributed by atoms with van der Waals surface area (Å²) in [6.45, 7) is 0.627. The third kappa shape index (κ3) is 3.74. The van der Waals surface area contributed by atoms with Gasteiger partial charge >= 0.3 is 5.97 Å². The average Bonchev–Trinajstić information content (AvgIpc) is 2.46. The van der Waals surface area contributed by atoms with Crippen molar-refractivity contribution in [3.8, 4) is 0 Å². The molecule has 0 amide bonds. The number of benzene rings is 2. The fraction of sp³-hybridized carbons (Fsp3) is 0.133. The summed E-state index contributed by atoms with van der Waals surface area (Å²) < 4.78 is 5.64. The highest BCUT2D eigenvalue weighted by Crippen LogP contribution is 2.22. The summed E-state index contributed by atoms with van der Waals surface area (Å²) in [5.41, 5.74) is 2.46. The number of hydrogen-bond acceptors (Lipinski definition) is 3. The number of esters is 1. The minimum absolute atomic E-state index is 0.346. The van der Waals surface area contributed by atoms with E-state index in [0.29, 0.717) is 17.1 Å². The molecule has 0 saturated carbocycles. The largest absolute Gasteiger partial charge is 0.465 e. The summed E-state index contributed by atoms with van der Waals surface area (Å²) in [4.78, 5) is 11.5. The topological polar surface area (TPSA) is 38.3 Å². The van der Waals surface area contributed by atoms with Crippen molar-refractivity contribution in [2.75, 3.05) is 12.4 Å². The Morgan fingerprint density at radius 1 is 1.30 bits per heavy atom. The Kier molecular flexibility index (Phi) is 5.04. The van der Waals surface area contributed by atoms with Gasteiger partial charge in [0, 0.05) is 21.7 Å². The Morgan fingerprint density at radius 3 is 2.80 bits per heavy atom. The molecule has 2 rings (SSSR count). The van der Waals surface area contributed by atoms with Gasteiger partial charge in [-0.1, -0.05) is 39.7 Å². The van der Waals surface area contributed by atoms with Crippen molar-refractivity contribution in [2.45, 2.75) is 6.54 Å². The molecule has 0 saturated heterocycles. The Morgan fingerprint density at radius 2 is 2.10 bits per heavy atom. The van der Waals surface area contributed by atoms with Gasteiger partial charge in [-0.3, -0.25) is 0 Å². The van der Waals surface area contributed by atoms with Crippen LogP contribution in [0.4, 0.5) is 5.69 Å². The monoisotopic (exact) mass is 353 g/mol. The lowest BCUT2D eigenvalue weighted by Gasteiger charge is -2.09. The highest BCUT2D eigenvalue weighted by atomic mass is 79.9. The molecule has 2 aromatic rings. The van der Waals surface area contributed by atoms with Crippen LogP contribution < -0.4 is 5.32 Å². The minimum atomic E-state index is -0.346. The van der Waals surface area contributed by atoms with Crippen LogP contribution in [0.25, 0.3) is 0 Å². The van der Waals surface area contributed by atoms with Crippen LogP contribution in [-0.4, -0.2) is 13.1 Å². The fourth-order valence-electron chi connectivity index (χ4n) is 1.74. The first-order chi connectivity index (χ1) is 9.60. The molecule has 0 aliphatic carbocycles. The average molecular weight is 355 g/mol. The van der Waals surface area contributed by atoms with Crippen molar-refractivity contribution < 1.29 is 9.53 Å². The Labute approximate surface area is 131 Å². The third-order valence-corrected chi connectivity index (χ3v) is 3.76. The summed E-state index contributed by atoms with van der Waals surface area (Å²) in [5.74, 6) is -0.346. The normalized spacial score (nSPS) is 10.2. The van der Waals surface area contributed by atoms with Crippen molar-refractivity contribution in [2.24, 2.45) is 0 Å². The first-order valence-corrected chi connectivity index (χ1v) is 7.13. The van der Waals surface area contributed by atoms with E-state index >= 15 is 0 Å². The van der Waals surface area contributed by atoms with E-state index in [1.807, 2.05) is 30.3 Å². The number of carbonyl (C=O) groups excluding carboxylic acids is 1. The number of halogens is 2. The van der Waals surface area contributed by atoms with E-state index in [2.05, 4.69) is 21.2 Å². The molecule has 0 bridgehead atoms. The first-order valence-electron chi connectivity index (χ1n) is 5.96. The van der Waals surface area contributed by atoms with Gasteiger partial charge in [0.05, 0.1) is 12.7 Å². The zero-order valence-corrected chi connectivity index (χ0v) is 13.2. The SMILES string of the molecule is COC(=O)c1cccc(NCc2ccc(Cl)cc2Br)c1. The minimum Gasteiger partial charge on any atom is -0.465 e. The van der Waals surface area contributed by atoms with E-state index in [1.54, 1.807) is 12.1 Å². The second kappa shape index (κ2) is 6.77. The Hall–Kier alpha value is -1.52. The molecule has 0 aromatic heterocycles. The van der Waals surface area contributed by atoms with Crippen molar-refractivity contribution >= 4 is 39.2 Å². The van der Waals surface area contributed by atoms with Crippen molar-refractivity contribution in [3.63, 3.8) is 0 Å². The molecule has 5 heteroatoms. The Balaban J connectivity index is 2.09. The smallest absolute Gasteiger partial charge is 0.337 e. The molecule has 0 heterocycles. The summed E-state index contributed by atoms with van der Waals surface area (Å²) in [6, 6.07) is 12.8. The van der Waals surface area contributed by atoms with E-state index in [1.165, 1.54) is 7.11 Å². The van der Waals surface area contributed by atoms with Crippen LogP contribution in [0, 0.1) is 0 Å². The van der Waals surface area contributed by atoms with Gasteiger partial charge in [0.25, 0.3) is 0 Å². The van der Waals surface area contributed by atoms with E-state index in [-0.39, 0.29) is 5.97 Å². The molecule has 0 aliphatic heterocycles. The van der Waals surface area contributed by atoms with Crippen molar-refractivity contribution in [1.82, 2.24) is 0 Å². The molecular formula is C15H13BrClNO2. The zero-order valence-electron chi connectivity index (χ0n) is 10.8. The van der Waals surface area contributed by atoms with E-state index < -0.39 is 0 Å². The summed E-state index contributed by atoms with van der Waals surface area (Å²) >= 11 is 9.37.